The van der Waals surface area contributed by atoms with Crippen LogP contribution in [-0.4, -0.2) is 24.6 Å². The topological polar surface area (TPSA) is 72.5 Å². The summed E-state index contributed by atoms with van der Waals surface area (Å²) in [5.74, 6) is 0.967. The monoisotopic (exact) mass is 432 g/mol. The maximum Gasteiger partial charge on any atom is 0.193 e. The molecule has 3 N–H and O–H groups in total. The third-order valence-corrected chi connectivity index (χ3v) is 3.12. The first kappa shape index (κ1) is 18.5. The van der Waals surface area contributed by atoms with Crippen LogP contribution in [0.15, 0.2) is 47.7 Å². The van der Waals surface area contributed by atoms with Crippen molar-refractivity contribution in [1.82, 2.24) is 4.98 Å². The van der Waals surface area contributed by atoms with E-state index in [0.29, 0.717) is 23.3 Å². The zero-order valence-electron chi connectivity index (χ0n) is 12.1. The van der Waals surface area contributed by atoms with Crippen molar-refractivity contribution in [2.45, 2.75) is 6.42 Å². The van der Waals surface area contributed by atoms with E-state index in [2.05, 4.69) is 15.3 Å². The summed E-state index contributed by atoms with van der Waals surface area (Å²) < 4.78 is 5.09. The lowest BCUT2D eigenvalue weighted by molar-refractivity contribution is 0.415. The summed E-state index contributed by atoms with van der Waals surface area (Å²) in [7, 11) is 1.57. The van der Waals surface area contributed by atoms with Gasteiger partial charge in [-0.1, -0.05) is 17.7 Å². The molecule has 5 nitrogen and oxygen atoms in total. The average molecular weight is 433 g/mol. The van der Waals surface area contributed by atoms with Crippen molar-refractivity contribution in [3.8, 4) is 5.75 Å². The molecular formula is C15H18ClIN4O. The number of hydrogen-bond donors (Lipinski definition) is 2. The predicted molar refractivity (Wildman–Crippen MR) is 101 cm³/mol. The highest BCUT2D eigenvalue weighted by atomic mass is 127. The lowest BCUT2D eigenvalue weighted by Gasteiger charge is -2.08. The Balaban J connectivity index is 0.00000242. The molecule has 0 saturated heterocycles. The van der Waals surface area contributed by atoms with Crippen LogP contribution in [-0.2, 0) is 6.42 Å². The van der Waals surface area contributed by atoms with E-state index >= 15 is 0 Å². The van der Waals surface area contributed by atoms with E-state index in [1.54, 1.807) is 25.4 Å². The molecule has 1 heterocycles. The molecular weight excluding hydrogens is 415 g/mol. The largest absolute Gasteiger partial charge is 0.495 e. The first-order chi connectivity index (χ1) is 10.2. The van der Waals surface area contributed by atoms with Crippen LogP contribution in [0.3, 0.4) is 0 Å². The fraction of sp³-hybridized carbons (Fsp3) is 0.200. The van der Waals surface area contributed by atoms with Crippen LogP contribution in [0.1, 0.15) is 5.56 Å². The number of nitrogens with two attached hydrogens (primary N) is 1. The van der Waals surface area contributed by atoms with Crippen LogP contribution in [0.4, 0.5) is 5.69 Å². The van der Waals surface area contributed by atoms with Gasteiger partial charge in [-0.05, 0) is 36.2 Å². The van der Waals surface area contributed by atoms with E-state index in [-0.39, 0.29) is 24.0 Å². The second-order valence-electron chi connectivity index (χ2n) is 4.35. The molecule has 1 aromatic heterocycles. The molecule has 0 amide bonds. The van der Waals surface area contributed by atoms with Crippen LogP contribution in [0.2, 0.25) is 5.02 Å². The normalized spacial score (nSPS) is 10.7. The lowest BCUT2D eigenvalue weighted by Crippen LogP contribution is -2.23. The number of methoxy groups -OCH3 is 1. The predicted octanol–water partition coefficient (Wildman–Crippen LogP) is 3.33. The molecule has 0 atom stereocenters. The van der Waals surface area contributed by atoms with Crippen molar-refractivity contribution in [1.29, 1.82) is 0 Å². The molecule has 0 bridgehead atoms. The van der Waals surface area contributed by atoms with Crippen molar-refractivity contribution < 1.29 is 4.74 Å². The average Bonchev–Trinajstić information content (AvgIpc) is 2.48. The summed E-state index contributed by atoms with van der Waals surface area (Å²) in [5, 5.41) is 3.51. The molecule has 118 valence electrons. The van der Waals surface area contributed by atoms with Gasteiger partial charge >= 0.3 is 0 Å². The Kier molecular flexibility index (Phi) is 7.97. The van der Waals surface area contributed by atoms with E-state index in [1.807, 2.05) is 24.4 Å². The summed E-state index contributed by atoms with van der Waals surface area (Å²) in [5.41, 5.74) is 7.73. The second kappa shape index (κ2) is 9.47. The van der Waals surface area contributed by atoms with E-state index < -0.39 is 0 Å². The minimum absolute atomic E-state index is 0. The number of rotatable bonds is 5. The third-order valence-electron chi connectivity index (χ3n) is 2.83. The molecule has 0 spiro atoms. The molecule has 0 fully saturated rings. The van der Waals surface area contributed by atoms with Crippen LogP contribution < -0.4 is 15.8 Å². The van der Waals surface area contributed by atoms with Crippen molar-refractivity contribution in [2.75, 3.05) is 19.0 Å². The van der Waals surface area contributed by atoms with Crippen molar-refractivity contribution in [3.63, 3.8) is 0 Å². The number of ether oxygens (including phenoxy) is 1. The number of guanidine groups is 1. The van der Waals surface area contributed by atoms with Crippen molar-refractivity contribution in [2.24, 2.45) is 10.7 Å². The SMILES string of the molecule is COc1ccc(NC(N)=NCCc2cccnc2)cc1Cl.I. The van der Waals surface area contributed by atoms with E-state index in [9.17, 15) is 0 Å². The minimum Gasteiger partial charge on any atom is -0.495 e. The van der Waals surface area contributed by atoms with Gasteiger partial charge in [-0.25, -0.2) is 0 Å². The van der Waals surface area contributed by atoms with Gasteiger partial charge in [-0.15, -0.1) is 24.0 Å². The molecule has 0 radical (unpaired) electrons. The quantitative estimate of drug-likeness (QED) is 0.432. The first-order valence-electron chi connectivity index (χ1n) is 6.48. The summed E-state index contributed by atoms with van der Waals surface area (Å²) in [6.45, 7) is 0.592. The van der Waals surface area contributed by atoms with Crippen molar-refractivity contribution >= 4 is 47.2 Å². The molecule has 0 aliphatic rings. The van der Waals surface area contributed by atoms with Gasteiger partial charge in [0.2, 0.25) is 0 Å². The second-order valence-corrected chi connectivity index (χ2v) is 4.76. The number of aromatic nitrogens is 1. The molecule has 1 aromatic carbocycles. The number of halogens is 2. The fourth-order valence-electron chi connectivity index (χ4n) is 1.78. The molecule has 2 aromatic rings. The minimum atomic E-state index is 0. The summed E-state index contributed by atoms with van der Waals surface area (Å²) in [6.07, 6.45) is 4.36. The molecule has 0 saturated carbocycles. The number of hydrogen-bond acceptors (Lipinski definition) is 3. The Labute approximate surface area is 152 Å². The Bertz CT molecular complexity index is 622. The molecule has 0 aliphatic carbocycles. The first-order valence-corrected chi connectivity index (χ1v) is 6.86. The standard InChI is InChI=1S/C15H17ClN4O.HI/c1-21-14-5-4-12(9-13(14)16)20-15(17)19-8-6-11-3-2-7-18-10-11;/h2-5,7,9-10H,6,8H2,1H3,(H3,17,19,20);1H. The zero-order chi connectivity index (χ0) is 15.1. The fourth-order valence-corrected chi connectivity index (χ4v) is 2.04. The highest BCUT2D eigenvalue weighted by Gasteiger charge is 2.02. The molecule has 7 heteroatoms. The van der Waals surface area contributed by atoms with E-state index in [4.69, 9.17) is 22.1 Å². The van der Waals surface area contributed by atoms with Crippen LogP contribution >= 0.6 is 35.6 Å². The van der Waals surface area contributed by atoms with E-state index in [1.165, 1.54) is 0 Å². The van der Waals surface area contributed by atoms with Crippen LogP contribution in [0, 0.1) is 0 Å². The molecule has 0 unspecified atom stereocenters. The van der Waals surface area contributed by atoms with Gasteiger partial charge in [0.1, 0.15) is 5.75 Å². The van der Waals surface area contributed by atoms with Gasteiger partial charge < -0.3 is 15.8 Å². The van der Waals surface area contributed by atoms with Gasteiger partial charge in [0.25, 0.3) is 0 Å². The smallest absolute Gasteiger partial charge is 0.193 e. The lowest BCUT2D eigenvalue weighted by atomic mass is 10.2. The van der Waals surface area contributed by atoms with Gasteiger partial charge in [0.15, 0.2) is 5.96 Å². The molecule has 0 aliphatic heterocycles. The summed E-state index contributed by atoms with van der Waals surface area (Å²) in [4.78, 5) is 8.32. The molecule has 22 heavy (non-hydrogen) atoms. The van der Waals surface area contributed by atoms with Gasteiger partial charge in [-0.2, -0.15) is 0 Å². The Hall–Kier alpha value is -1.54. The number of nitrogens with zero attached hydrogens (tertiary/aromatic N) is 2. The Morgan fingerprint density at radius 2 is 2.23 bits per heavy atom. The maximum absolute atomic E-state index is 6.04. The Morgan fingerprint density at radius 1 is 1.41 bits per heavy atom. The number of benzene rings is 1. The number of aliphatic imine (C=N–C) groups is 1. The van der Waals surface area contributed by atoms with Gasteiger partial charge in [0.05, 0.1) is 12.1 Å². The highest BCUT2D eigenvalue weighted by Crippen LogP contribution is 2.26. The number of pyridine rings is 1. The Morgan fingerprint density at radius 3 is 2.86 bits per heavy atom. The zero-order valence-corrected chi connectivity index (χ0v) is 15.2. The van der Waals surface area contributed by atoms with Gasteiger partial charge in [0, 0.05) is 24.6 Å². The number of anilines is 1. The van der Waals surface area contributed by atoms with Crippen molar-refractivity contribution in [3.05, 3.63) is 53.3 Å². The van der Waals surface area contributed by atoms with E-state index in [0.717, 1.165) is 17.7 Å². The highest BCUT2D eigenvalue weighted by molar-refractivity contribution is 14.0. The van der Waals surface area contributed by atoms with Gasteiger partial charge in [-0.3, -0.25) is 9.98 Å². The maximum atomic E-state index is 6.04. The van der Waals surface area contributed by atoms with Crippen LogP contribution in [0.5, 0.6) is 5.75 Å². The third kappa shape index (κ3) is 5.69. The molecule has 2 rings (SSSR count). The summed E-state index contributed by atoms with van der Waals surface area (Å²) in [6, 6.07) is 9.25. The summed E-state index contributed by atoms with van der Waals surface area (Å²) >= 11 is 6.04. The van der Waals surface area contributed by atoms with Crippen LogP contribution in [0.25, 0.3) is 0 Å². The number of nitrogens with one attached hydrogen (secondary N) is 1.